The molecule has 8 heteroatoms. The molecule has 184 valence electrons. The summed E-state index contributed by atoms with van der Waals surface area (Å²) in [6.45, 7) is 2.58. The quantitative estimate of drug-likeness (QED) is 0.291. The van der Waals surface area contributed by atoms with Gasteiger partial charge in [0.25, 0.3) is 0 Å². The van der Waals surface area contributed by atoms with Crippen molar-refractivity contribution in [1.82, 2.24) is 10.2 Å². The van der Waals surface area contributed by atoms with E-state index in [0.29, 0.717) is 33.8 Å². The molecule has 0 bridgehead atoms. The molecule has 0 saturated carbocycles. The molecular weight excluding hydrogens is 523 g/mol. The van der Waals surface area contributed by atoms with Gasteiger partial charge in [-0.3, -0.25) is 9.59 Å². The third-order valence-corrected chi connectivity index (χ3v) is 7.35. The second kappa shape index (κ2) is 13.8. The molecule has 0 spiro atoms. The number of rotatable bonds is 11. The fourth-order valence-electron chi connectivity index (χ4n) is 3.60. The van der Waals surface area contributed by atoms with Crippen molar-refractivity contribution < 1.29 is 9.59 Å². The van der Waals surface area contributed by atoms with E-state index in [1.807, 2.05) is 67.6 Å². The third kappa shape index (κ3) is 8.46. The van der Waals surface area contributed by atoms with Gasteiger partial charge >= 0.3 is 0 Å². The molecule has 0 fully saturated rings. The van der Waals surface area contributed by atoms with E-state index in [2.05, 4.69) is 5.32 Å². The highest BCUT2D eigenvalue weighted by Crippen LogP contribution is 2.25. The molecule has 1 atom stereocenters. The Kier molecular flexibility index (Phi) is 10.8. The number of benzene rings is 3. The predicted octanol–water partition coefficient (Wildman–Crippen LogP) is 6.66. The number of thioether (sulfide) groups is 1. The Morgan fingerprint density at radius 1 is 0.886 bits per heavy atom. The smallest absolute Gasteiger partial charge is 0.243 e. The number of hydrogen-bond donors (Lipinski definition) is 1. The lowest BCUT2D eigenvalue weighted by molar-refractivity contribution is -0.139. The topological polar surface area (TPSA) is 49.4 Å². The summed E-state index contributed by atoms with van der Waals surface area (Å²) in [4.78, 5) is 28.3. The molecule has 0 aromatic heterocycles. The molecule has 0 aliphatic heterocycles. The largest absolute Gasteiger partial charge is 0.355 e. The van der Waals surface area contributed by atoms with Gasteiger partial charge in [-0.25, -0.2) is 0 Å². The Hall–Kier alpha value is -2.18. The van der Waals surface area contributed by atoms with Gasteiger partial charge < -0.3 is 10.2 Å². The number of nitrogens with zero attached hydrogens (tertiary/aromatic N) is 1. The Balaban J connectivity index is 1.84. The zero-order chi connectivity index (χ0) is 25.2. The average Bonchev–Trinajstić information content (AvgIpc) is 2.85. The van der Waals surface area contributed by atoms with Gasteiger partial charge in [0.15, 0.2) is 0 Å². The van der Waals surface area contributed by atoms with Crippen LogP contribution in [0.3, 0.4) is 0 Å². The summed E-state index contributed by atoms with van der Waals surface area (Å²) in [7, 11) is 0. The van der Waals surface area contributed by atoms with Gasteiger partial charge in [-0.05, 0) is 47.9 Å². The highest BCUT2D eigenvalue weighted by molar-refractivity contribution is 7.99. The second-order valence-electron chi connectivity index (χ2n) is 7.99. The normalized spacial score (nSPS) is 11.7. The third-order valence-electron chi connectivity index (χ3n) is 5.37. The Bertz CT molecular complexity index is 1130. The maximum absolute atomic E-state index is 13.5. The minimum atomic E-state index is -0.671. The van der Waals surface area contributed by atoms with Crippen LogP contribution in [0.1, 0.15) is 23.6 Å². The van der Waals surface area contributed by atoms with E-state index in [9.17, 15) is 9.59 Å². The molecule has 0 saturated heterocycles. The summed E-state index contributed by atoms with van der Waals surface area (Å²) >= 11 is 19.8. The van der Waals surface area contributed by atoms with Crippen molar-refractivity contribution in [3.05, 3.63) is 105 Å². The molecule has 0 radical (unpaired) electrons. The summed E-state index contributed by atoms with van der Waals surface area (Å²) in [6, 6.07) is 21.9. The molecule has 1 N–H and O–H groups in total. The summed E-state index contributed by atoms with van der Waals surface area (Å²) in [5.74, 6) is 0.581. The monoisotopic (exact) mass is 548 g/mol. The van der Waals surface area contributed by atoms with Gasteiger partial charge in [-0.15, -0.1) is 11.8 Å². The lowest BCUT2D eigenvalue weighted by Crippen LogP contribution is -2.51. The molecule has 0 aliphatic rings. The number of nitrogens with one attached hydrogen (secondary N) is 1. The van der Waals surface area contributed by atoms with Crippen molar-refractivity contribution in [3.63, 3.8) is 0 Å². The summed E-state index contributed by atoms with van der Waals surface area (Å²) < 4.78 is 0. The summed E-state index contributed by atoms with van der Waals surface area (Å²) in [6.07, 6.45) is 0.404. The lowest BCUT2D eigenvalue weighted by Gasteiger charge is -2.31. The van der Waals surface area contributed by atoms with E-state index in [1.54, 1.807) is 17.0 Å². The first kappa shape index (κ1) is 27.4. The standard InChI is InChI=1S/C27H27Cl3N2O2S/c1-2-31-27(34)25(15-19-6-4-3-5-7-19)32(16-21-10-13-23(29)24(30)14-21)26(33)18-35-17-20-8-11-22(28)12-9-20/h3-14,25H,2,15-18H2,1H3,(H,31,34)/t25-/m0/s1. The van der Waals surface area contributed by atoms with E-state index in [1.165, 1.54) is 11.8 Å². The number of likely N-dealkylation sites (N-methyl/N-ethyl adjacent to an activating group) is 1. The highest BCUT2D eigenvalue weighted by Gasteiger charge is 2.30. The number of amides is 2. The van der Waals surface area contributed by atoms with Crippen LogP contribution in [0.2, 0.25) is 15.1 Å². The van der Waals surface area contributed by atoms with Crippen molar-refractivity contribution in [2.45, 2.75) is 31.7 Å². The minimum absolute atomic E-state index is 0.123. The fraction of sp³-hybridized carbons (Fsp3) is 0.259. The van der Waals surface area contributed by atoms with Crippen LogP contribution in [-0.4, -0.2) is 35.1 Å². The van der Waals surface area contributed by atoms with Crippen LogP contribution in [-0.2, 0) is 28.3 Å². The molecule has 2 amide bonds. The van der Waals surface area contributed by atoms with Crippen LogP contribution in [0, 0.1) is 0 Å². The van der Waals surface area contributed by atoms with Crippen molar-refractivity contribution >= 4 is 58.4 Å². The number of hydrogen-bond acceptors (Lipinski definition) is 3. The van der Waals surface area contributed by atoms with E-state index in [-0.39, 0.29) is 24.1 Å². The number of carbonyl (C=O) groups is 2. The van der Waals surface area contributed by atoms with Crippen LogP contribution >= 0.6 is 46.6 Å². The molecular formula is C27H27Cl3N2O2S. The zero-order valence-electron chi connectivity index (χ0n) is 19.3. The molecule has 0 aliphatic carbocycles. The molecule has 35 heavy (non-hydrogen) atoms. The molecule has 4 nitrogen and oxygen atoms in total. The zero-order valence-corrected chi connectivity index (χ0v) is 22.4. The van der Waals surface area contributed by atoms with Gasteiger partial charge in [0, 0.05) is 30.3 Å². The van der Waals surface area contributed by atoms with Gasteiger partial charge in [0.1, 0.15) is 6.04 Å². The maximum Gasteiger partial charge on any atom is 0.243 e. The molecule has 0 heterocycles. The first-order valence-corrected chi connectivity index (χ1v) is 13.5. The van der Waals surface area contributed by atoms with Gasteiger partial charge in [-0.1, -0.05) is 83.3 Å². The van der Waals surface area contributed by atoms with Crippen molar-refractivity contribution in [3.8, 4) is 0 Å². The second-order valence-corrected chi connectivity index (χ2v) is 10.2. The Morgan fingerprint density at radius 3 is 2.23 bits per heavy atom. The Morgan fingerprint density at radius 2 is 1.57 bits per heavy atom. The predicted molar refractivity (Wildman–Crippen MR) is 147 cm³/mol. The van der Waals surface area contributed by atoms with E-state index >= 15 is 0 Å². The molecule has 0 unspecified atom stereocenters. The minimum Gasteiger partial charge on any atom is -0.355 e. The first-order valence-electron chi connectivity index (χ1n) is 11.2. The van der Waals surface area contributed by atoms with E-state index in [0.717, 1.165) is 16.7 Å². The van der Waals surface area contributed by atoms with E-state index < -0.39 is 6.04 Å². The van der Waals surface area contributed by atoms with Gasteiger partial charge in [0.2, 0.25) is 11.8 Å². The first-order chi connectivity index (χ1) is 16.9. The summed E-state index contributed by atoms with van der Waals surface area (Å²) in [5.41, 5.74) is 2.86. The van der Waals surface area contributed by atoms with Crippen LogP contribution in [0.15, 0.2) is 72.8 Å². The molecule has 3 aromatic carbocycles. The summed E-state index contributed by atoms with van der Waals surface area (Å²) in [5, 5.41) is 4.42. The van der Waals surface area contributed by atoms with E-state index in [4.69, 9.17) is 34.8 Å². The average molecular weight is 550 g/mol. The number of halogens is 3. The maximum atomic E-state index is 13.5. The van der Waals surface area contributed by atoms with Crippen LogP contribution in [0.25, 0.3) is 0 Å². The van der Waals surface area contributed by atoms with Crippen molar-refractivity contribution in [2.75, 3.05) is 12.3 Å². The Labute approximate surface area is 225 Å². The highest BCUT2D eigenvalue weighted by atomic mass is 35.5. The van der Waals surface area contributed by atoms with Crippen molar-refractivity contribution in [2.24, 2.45) is 0 Å². The van der Waals surface area contributed by atoms with Crippen molar-refractivity contribution in [1.29, 1.82) is 0 Å². The molecule has 3 rings (SSSR count). The van der Waals surface area contributed by atoms with Crippen LogP contribution in [0.5, 0.6) is 0 Å². The molecule has 3 aromatic rings. The van der Waals surface area contributed by atoms with Gasteiger partial charge in [0.05, 0.1) is 15.8 Å². The van der Waals surface area contributed by atoms with Gasteiger partial charge in [-0.2, -0.15) is 0 Å². The lowest BCUT2D eigenvalue weighted by atomic mass is 10.0. The van der Waals surface area contributed by atoms with Crippen LogP contribution in [0.4, 0.5) is 0 Å². The fourth-order valence-corrected chi connectivity index (χ4v) is 4.92. The number of carbonyl (C=O) groups excluding carboxylic acids is 2. The SMILES string of the molecule is CCNC(=O)[C@H](Cc1ccccc1)N(Cc1ccc(Cl)c(Cl)c1)C(=O)CSCc1ccc(Cl)cc1. The van der Waals surface area contributed by atoms with Crippen LogP contribution < -0.4 is 5.32 Å².